The lowest BCUT2D eigenvalue weighted by atomic mass is 9.72. The van der Waals surface area contributed by atoms with Crippen LogP contribution in [-0.4, -0.2) is 23.7 Å². The first-order valence-corrected chi connectivity index (χ1v) is 8.49. The summed E-state index contributed by atoms with van der Waals surface area (Å²) < 4.78 is 0. The van der Waals surface area contributed by atoms with Crippen molar-refractivity contribution in [1.82, 2.24) is 0 Å². The summed E-state index contributed by atoms with van der Waals surface area (Å²) in [6.07, 6.45) is 8.84. The van der Waals surface area contributed by atoms with Crippen molar-refractivity contribution in [2.24, 2.45) is 27.8 Å². The van der Waals surface area contributed by atoms with E-state index in [1.165, 1.54) is 0 Å². The van der Waals surface area contributed by atoms with E-state index in [9.17, 15) is 4.79 Å². The van der Waals surface area contributed by atoms with Gasteiger partial charge in [0.1, 0.15) is 0 Å². The highest BCUT2D eigenvalue weighted by Gasteiger charge is 2.41. The third kappa shape index (κ3) is 5.61. The molecule has 3 atom stereocenters. The predicted molar refractivity (Wildman–Crippen MR) is 98.4 cm³/mol. The van der Waals surface area contributed by atoms with Crippen LogP contribution in [0.1, 0.15) is 59.3 Å². The Hall–Kier alpha value is -1.42. The molecule has 2 unspecified atom stereocenters. The Morgan fingerprint density at radius 3 is 2.74 bits per heavy atom. The van der Waals surface area contributed by atoms with Crippen LogP contribution in [0.25, 0.3) is 0 Å². The average molecular weight is 319 g/mol. The molecule has 1 rings (SSSR count). The van der Waals surface area contributed by atoms with Crippen molar-refractivity contribution in [3.05, 3.63) is 24.8 Å². The molecular formula is C19H33N3O. The van der Waals surface area contributed by atoms with Gasteiger partial charge in [0.15, 0.2) is 0 Å². The first kappa shape index (κ1) is 19.6. The fourth-order valence-corrected chi connectivity index (χ4v) is 3.68. The third-order valence-corrected chi connectivity index (χ3v) is 5.07. The van der Waals surface area contributed by atoms with Gasteiger partial charge in [-0.05, 0) is 50.4 Å². The monoisotopic (exact) mass is 319 g/mol. The second-order valence-electron chi connectivity index (χ2n) is 7.90. The van der Waals surface area contributed by atoms with Crippen molar-refractivity contribution in [3.63, 3.8) is 0 Å². The number of hydrogen-bond donors (Lipinski definition) is 2. The predicted octanol–water partition coefficient (Wildman–Crippen LogP) is 3.37. The summed E-state index contributed by atoms with van der Waals surface area (Å²) in [5, 5.41) is 0. The molecule has 4 N–H and O–H groups in total. The molecule has 0 radical (unpaired) electrons. The summed E-state index contributed by atoms with van der Waals surface area (Å²) in [4.78, 5) is 15.8. The van der Waals surface area contributed by atoms with E-state index in [0.717, 1.165) is 37.7 Å². The number of carbonyl (C=O) groups is 1. The fraction of sp³-hybridized carbons (Fsp3) is 0.684. The minimum Gasteiger partial charge on any atom is -0.370 e. The van der Waals surface area contributed by atoms with E-state index in [1.807, 2.05) is 0 Å². The topological polar surface area (TPSA) is 81.5 Å². The molecule has 0 bridgehead atoms. The number of carbonyl (C=O) groups excluding carboxylic acids is 1. The van der Waals surface area contributed by atoms with Gasteiger partial charge in [-0.2, -0.15) is 0 Å². The van der Waals surface area contributed by atoms with Gasteiger partial charge in [0, 0.05) is 18.2 Å². The molecule has 0 spiro atoms. The molecule has 4 nitrogen and oxygen atoms in total. The number of primary amides is 1. The van der Waals surface area contributed by atoms with Gasteiger partial charge in [-0.15, -0.1) is 0 Å². The molecule has 1 amide bonds. The quantitative estimate of drug-likeness (QED) is 0.428. The lowest BCUT2D eigenvalue weighted by molar-refractivity contribution is -0.120. The van der Waals surface area contributed by atoms with Crippen LogP contribution in [0, 0.1) is 11.3 Å². The molecular weight excluding hydrogens is 286 g/mol. The molecule has 23 heavy (non-hydrogen) atoms. The smallest absolute Gasteiger partial charge is 0.217 e. The average Bonchev–Trinajstić information content (AvgIpc) is 2.50. The standard InChI is InChI=1S/C19H33N3O/c1-6-12-22-17-14(2)8-7-9-15(19(17,5)21)10-11-18(3,4)13-16(20)23/h6,12,15,17H,1-2,7-11,13,21H2,3-5H3,(H2,20,23)/t15?,17-,19?/m0/s1. The van der Waals surface area contributed by atoms with Gasteiger partial charge in [0.05, 0.1) is 6.04 Å². The van der Waals surface area contributed by atoms with Crippen molar-refractivity contribution in [1.29, 1.82) is 0 Å². The summed E-state index contributed by atoms with van der Waals surface area (Å²) in [5.41, 5.74) is 12.7. The summed E-state index contributed by atoms with van der Waals surface area (Å²) in [7, 11) is 0. The number of allylic oxidation sites excluding steroid dienone is 1. The number of aliphatic imine (C=N–C) groups is 1. The molecule has 130 valence electrons. The van der Waals surface area contributed by atoms with Gasteiger partial charge >= 0.3 is 0 Å². The third-order valence-electron chi connectivity index (χ3n) is 5.07. The van der Waals surface area contributed by atoms with Crippen molar-refractivity contribution in [3.8, 4) is 0 Å². The molecule has 1 aliphatic carbocycles. The molecule has 0 saturated heterocycles. The minimum atomic E-state index is -0.435. The summed E-state index contributed by atoms with van der Waals surface area (Å²) in [6, 6.07) is -0.0766. The SMILES string of the molecule is C=CC=N[C@H]1C(=C)CCCC(CCC(C)(C)CC(N)=O)C1(C)N. The van der Waals surface area contributed by atoms with E-state index < -0.39 is 5.54 Å². The molecule has 1 fully saturated rings. The summed E-state index contributed by atoms with van der Waals surface area (Å²) in [6.45, 7) is 14.2. The lowest BCUT2D eigenvalue weighted by Crippen LogP contribution is -2.53. The molecule has 4 heteroatoms. The normalized spacial score (nSPS) is 29.5. The van der Waals surface area contributed by atoms with Gasteiger partial charge in [0.25, 0.3) is 0 Å². The van der Waals surface area contributed by atoms with Gasteiger partial charge in [-0.25, -0.2) is 0 Å². The minimum absolute atomic E-state index is 0.0766. The Kier molecular flexibility index (Phi) is 6.75. The van der Waals surface area contributed by atoms with Crippen LogP contribution in [0.5, 0.6) is 0 Å². The van der Waals surface area contributed by atoms with Crippen LogP contribution in [0.4, 0.5) is 0 Å². The molecule has 0 aromatic rings. The first-order valence-electron chi connectivity index (χ1n) is 8.49. The van der Waals surface area contributed by atoms with Gasteiger partial charge in [-0.3, -0.25) is 9.79 Å². The van der Waals surface area contributed by atoms with Gasteiger partial charge in [0.2, 0.25) is 5.91 Å². The Morgan fingerprint density at radius 1 is 1.52 bits per heavy atom. The maximum atomic E-state index is 11.2. The Morgan fingerprint density at radius 2 is 2.17 bits per heavy atom. The van der Waals surface area contributed by atoms with E-state index in [0.29, 0.717) is 12.3 Å². The molecule has 1 saturated carbocycles. The zero-order chi connectivity index (χ0) is 17.7. The highest BCUT2D eigenvalue weighted by molar-refractivity contribution is 5.74. The van der Waals surface area contributed by atoms with E-state index in [1.54, 1.807) is 12.3 Å². The first-order chi connectivity index (χ1) is 10.6. The number of rotatable bonds is 7. The molecule has 0 aromatic heterocycles. The fourth-order valence-electron chi connectivity index (χ4n) is 3.68. The van der Waals surface area contributed by atoms with E-state index >= 15 is 0 Å². The summed E-state index contributed by atoms with van der Waals surface area (Å²) in [5.74, 6) is 0.106. The highest BCUT2D eigenvalue weighted by atomic mass is 16.1. The zero-order valence-electron chi connectivity index (χ0n) is 15.0. The van der Waals surface area contributed by atoms with Crippen molar-refractivity contribution in [2.45, 2.75) is 70.9 Å². The van der Waals surface area contributed by atoms with Crippen LogP contribution in [0.15, 0.2) is 29.8 Å². The maximum Gasteiger partial charge on any atom is 0.217 e. The van der Waals surface area contributed by atoms with E-state index in [4.69, 9.17) is 11.5 Å². The summed E-state index contributed by atoms with van der Waals surface area (Å²) >= 11 is 0. The lowest BCUT2D eigenvalue weighted by Gasteiger charge is -2.39. The van der Waals surface area contributed by atoms with Crippen LogP contribution in [0.3, 0.4) is 0 Å². The number of hydrogen-bond acceptors (Lipinski definition) is 3. The Balaban J connectivity index is 2.88. The van der Waals surface area contributed by atoms with Crippen LogP contribution in [-0.2, 0) is 4.79 Å². The highest BCUT2D eigenvalue weighted by Crippen LogP contribution is 2.40. The van der Waals surface area contributed by atoms with Crippen LogP contribution >= 0.6 is 0 Å². The maximum absolute atomic E-state index is 11.2. The van der Waals surface area contributed by atoms with Crippen molar-refractivity contribution < 1.29 is 4.79 Å². The van der Waals surface area contributed by atoms with Crippen LogP contribution < -0.4 is 11.5 Å². The number of amides is 1. The Labute approximate surface area is 141 Å². The molecule has 0 aromatic carbocycles. The Bertz CT molecular complexity index is 477. The van der Waals surface area contributed by atoms with Gasteiger partial charge in [-0.1, -0.05) is 38.7 Å². The van der Waals surface area contributed by atoms with Crippen molar-refractivity contribution in [2.75, 3.05) is 0 Å². The largest absolute Gasteiger partial charge is 0.370 e. The molecule has 1 aliphatic rings. The second-order valence-corrected chi connectivity index (χ2v) is 7.90. The van der Waals surface area contributed by atoms with E-state index in [2.05, 4.69) is 38.9 Å². The zero-order valence-corrected chi connectivity index (χ0v) is 15.0. The van der Waals surface area contributed by atoms with Gasteiger partial charge < -0.3 is 11.5 Å². The van der Waals surface area contributed by atoms with Crippen LogP contribution in [0.2, 0.25) is 0 Å². The number of nitrogens with two attached hydrogens (primary N) is 2. The molecule has 0 heterocycles. The van der Waals surface area contributed by atoms with E-state index in [-0.39, 0.29) is 17.4 Å². The number of nitrogens with zero attached hydrogens (tertiary/aromatic N) is 1. The van der Waals surface area contributed by atoms with Crippen molar-refractivity contribution >= 4 is 12.1 Å². The molecule has 0 aliphatic heterocycles. The second kappa shape index (κ2) is 7.91.